The fourth-order valence-corrected chi connectivity index (χ4v) is 6.93. The van der Waals surface area contributed by atoms with Crippen molar-refractivity contribution < 1.29 is 16.8 Å². The largest absolute Gasteiger partial charge is 0.266 e. The molecule has 0 radical (unpaired) electrons. The highest BCUT2D eigenvalue weighted by molar-refractivity contribution is 7.92. The Balaban J connectivity index is 1.66. The first-order valence-electron chi connectivity index (χ1n) is 9.59. The van der Waals surface area contributed by atoms with Crippen LogP contribution in [-0.2, 0) is 32.9 Å². The highest BCUT2D eigenvalue weighted by Gasteiger charge is 2.33. The van der Waals surface area contributed by atoms with Crippen molar-refractivity contribution in [2.45, 2.75) is 42.4 Å². The lowest BCUT2D eigenvalue weighted by molar-refractivity contribution is 0.477. The predicted molar refractivity (Wildman–Crippen MR) is 108 cm³/mol. The zero-order chi connectivity index (χ0) is 19.9. The molecule has 8 heteroatoms. The van der Waals surface area contributed by atoms with Gasteiger partial charge < -0.3 is 0 Å². The molecule has 1 fully saturated rings. The lowest BCUT2D eigenvalue weighted by Crippen LogP contribution is -2.29. The molecule has 2 aliphatic heterocycles. The van der Waals surface area contributed by atoms with Crippen LogP contribution in [0.5, 0.6) is 0 Å². The fourth-order valence-electron chi connectivity index (χ4n) is 3.86. The quantitative estimate of drug-likeness (QED) is 0.745. The Labute approximate surface area is 166 Å². The Kier molecular flexibility index (Phi) is 4.97. The van der Waals surface area contributed by atoms with Gasteiger partial charge in [-0.2, -0.15) is 4.31 Å². The van der Waals surface area contributed by atoms with Crippen LogP contribution in [0.3, 0.4) is 0 Å². The summed E-state index contributed by atoms with van der Waals surface area (Å²) in [6.07, 6.45) is 3.12. The van der Waals surface area contributed by atoms with E-state index in [0.717, 1.165) is 30.4 Å². The van der Waals surface area contributed by atoms with E-state index in [1.54, 1.807) is 24.3 Å². The predicted octanol–water partition coefficient (Wildman–Crippen LogP) is 2.78. The Morgan fingerprint density at radius 1 is 0.821 bits per heavy atom. The first-order valence-corrected chi connectivity index (χ1v) is 12.5. The molecule has 6 nitrogen and oxygen atoms in total. The number of benzene rings is 2. The van der Waals surface area contributed by atoms with Crippen LogP contribution in [0.15, 0.2) is 52.3 Å². The van der Waals surface area contributed by atoms with E-state index in [0.29, 0.717) is 31.7 Å². The molecule has 0 N–H and O–H groups in total. The van der Waals surface area contributed by atoms with Crippen molar-refractivity contribution in [1.82, 2.24) is 4.31 Å². The summed E-state index contributed by atoms with van der Waals surface area (Å²) in [5.74, 6) is 0. The van der Waals surface area contributed by atoms with Gasteiger partial charge in [-0.1, -0.05) is 19.1 Å². The van der Waals surface area contributed by atoms with E-state index in [1.165, 1.54) is 14.7 Å². The van der Waals surface area contributed by atoms with Gasteiger partial charge in [0.05, 0.1) is 15.5 Å². The van der Waals surface area contributed by atoms with Gasteiger partial charge in [0, 0.05) is 19.6 Å². The molecule has 4 rings (SSSR count). The van der Waals surface area contributed by atoms with E-state index in [1.807, 2.05) is 19.1 Å². The molecule has 150 valence electrons. The van der Waals surface area contributed by atoms with Crippen LogP contribution in [0.25, 0.3) is 0 Å². The molecule has 0 atom stereocenters. The highest BCUT2D eigenvalue weighted by atomic mass is 32.2. The molecule has 0 aliphatic carbocycles. The van der Waals surface area contributed by atoms with E-state index in [2.05, 4.69) is 0 Å². The maximum atomic E-state index is 13.1. The summed E-state index contributed by atoms with van der Waals surface area (Å²) in [6, 6.07) is 11.7. The number of hydrogen-bond donors (Lipinski definition) is 0. The van der Waals surface area contributed by atoms with Crippen molar-refractivity contribution >= 4 is 25.7 Å². The summed E-state index contributed by atoms with van der Waals surface area (Å²) >= 11 is 0. The van der Waals surface area contributed by atoms with Crippen LogP contribution < -0.4 is 4.31 Å². The van der Waals surface area contributed by atoms with Gasteiger partial charge in [0.2, 0.25) is 10.0 Å². The van der Waals surface area contributed by atoms with Crippen molar-refractivity contribution in [3.63, 3.8) is 0 Å². The van der Waals surface area contributed by atoms with Gasteiger partial charge in [0.1, 0.15) is 0 Å². The second kappa shape index (κ2) is 7.17. The normalized spacial score (nSPS) is 17.8. The summed E-state index contributed by atoms with van der Waals surface area (Å²) in [5.41, 5.74) is 2.41. The molecule has 0 bridgehead atoms. The minimum Gasteiger partial charge on any atom is -0.266 e. The fraction of sp³-hybridized carbons (Fsp3) is 0.400. The van der Waals surface area contributed by atoms with Gasteiger partial charge in [-0.15, -0.1) is 0 Å². The minimum absolute atomic E-state index is 0.250. The standard InChI is InChI=1S/C20H24N2O4S2/c1-2-16-5-7-18(8-6-16)28(25,26)22-14-11-17-15-19(9-10-20(17)22)27(23,24)21-12-3-4-13-21/h5-10,15H,2-4,11-14H2,1H3. The summed E-state index contributed by atoms with van der Waals surface area (Å²) in [6.45, 7) is 3.44. The number of nitrogens with zero attached hydrogens (tertiary/aromatic N) is 2. The van der Waals surface area contributed by atoms with E-state index >= 15 is 0 Å². The molecule has 0 aromatic heterocycles. The molecule has 0 unspecified atom stereocenters. The molecule has 1 saturated heterocycles. The van der Waals surface area contributed by atoms with Crippen molar-refractivity contribution in [2.24, 2.45) is 0 Å². The summed E-state index contributed by atoms with van der Waals surface area (Å²) in [5, 5.41) is 0. The number of aryl methyl sites for hydroxylation is 1. The molecule has 2 aromatic carbocycles. The number of sulfonamides is 2. The Morgan fingerprint density at radius 3 is 2.11 bits per heavy atom. The minimum atomic E-state index is -3.67. The van der Waals surface area contributed by atoms with Gasteiger partial charge in [-0.3, -0.25) is 4.31 Å². The Bertz CT molecular complexity index is 1090. The van der Waals surface area contributed by atoms with Crippen LogP contribution in [-0.4, -0.2) is 40.8 Å². The molecular weight excluding hydrogens is 396 g/mol. The second-order valence-electron chi connectivity index (χ2n) is 7.23. The molecule has 0 amide bonds. The van der Waals surface area contributed by atoms with Gasteiger partial charge >= 0.3 is 0 Å². The van der Waals surface area contributed by atoms with Crippen LogP contribution in [0.4, 0.5) is 5.69 Å². The SMILES string of the molecule is CCc1ccc(S(=O)(=O)N2CCc3cc(S(=O)(=O)N4CCCC4)ccc32)cc1. The topological polar surface area (TPSA) is 74.8 Å². The molecule has 2 heterocycles. The van der Waals surface area contributed by atoms with E-state index in [4.69, 9.17) is 0 Å². The van der Waals surface area contributed by atoms with Crippen molar-refractivity contribution in [2.75, 3.05) is 23.9 Å². The van der Waals surface area contributed by atoms with Crippen LogP contribution in [0, 0.1) is 0 Å². The Hall–Kier alpha value is -1.90. The van der Waals surface area contributed by atoms with Gasteiger partial charge in [-0.05, 0) is 67.1 Å². The van der Waals surface area contributed by atoms with Crippen molar-refractivity contribution in [3.8, 4) is 0 Å². The summed E-state index contributed by atoms with van der Waals surface area (Å²) < 4.78 is 54.6. The molecular formula is C20H24N2O4S2. The van der Waals surface area contributed by atoms with Crippen LogP contribution in [0.1, 0.15) is 30.9 Å². The summed E-state index contributed by atoms with van der Waals surface area (Å²) in [7, 11) is -7.18. The molecule has 2 aromatic rings. The van der Waals surface area contributed by atoms with Crippen molar-refractivity contribution in [1.29, 1.82) is 0 Å². The third kappa shape index (κ3) is 3.23. The first kappa shape index (κ1) is 19.4. The zero-order valence-electron chi connectivity index (χ0n) is 15.8. The Morgan fingerprint density at radius 2 is 1.46 bits per heavy atom. The number of hydrogen-bond acceptors (Lipinski definition) is 4. The van der Waals surface area contributed by atoms with Gasteiger partial charge in [0.25, 0.3) is 10.0 Å². The lowest BCUT2D eigenvalue weighted by Gasteiger charge is -2.20. The lowest BCUT2D eigenvalue weighted by atomic mass is 10.2. The van der Waals surface area contributed by atoms with E-state index in [9.17, 15) is 16.8 Å². The number of fused-ring (bicyclic) bond motifs is 1. The van der Waals surface area contributed by atoms with Crippen molar-refractivity contribution in [3.05, 3.63) is 53.6 Å². The summed E-state index contributed by atoms with van der Waals surface area (Å²) in [4.78, 5) is 0.506. The van der Waals surface area contributed by atoms with Gasteiger partial charge in [0.15, 0.2) is 0 Å². The third-order valence-corrected chi connectivity index (χ3v) is 9.25. The monoisotopic (exact) mass is 420 g/mol. The number of rotatable bonds is 5. The average molecular weight is 421 g/mol. The maximum Gasteiger partial charge on any atom is 0.264 e. The highest BCUT2D eigenvalue weighted by Crippen LogP contribution is 2.35. The number of anilines is 1. The molecule has 28 heavy (non-hydrogen) atoms. The van der Waals surface area contributed by atoms with Crippen LogP contribution in [0.2, 0.25) is 0 Å². The first-order chi connectivity index (χ1) is 13.3. The third-order valence-electron chi connectivity index (χ3n) is 5.53. The van der Waals surface area contributed by atoms with Gasteiger partial charge in [-0.25, -0.2) is 16.8 Å². The van der Waals surface area contributed by atoms with E-state index in [-0.39, 0.29) is 9.79 Å². The van der Waals surface area contributed by atoms with Crippen LogP contribution >= 0.6 is 0 Å². The molecule has 2 aliphatic rings. The molecule has 0 saturated carbocycles. The average Bonchev–Trinajstić information content (AvgIpc) is 3.38. The van der Waals surface area contributed by atoms with E-state index < -0.39 is 20.0 Å². The molecule has 0 spiro atoms. The smallest absolute Gasteiger partial charge is 0.264 e. The maximum absolute atomic E-state index is 13.1. The zero-order valence-corrected chi connectivity index (χ0v) is 17.5. The second-order valence-corrected chi connectivity index (χ2v) is 11.0.